The maximum absolute atomic E-state index is 10.9. The summed E-state index contributed by atoms with van der Waals surface area (Å²) in [6.07, 6.45) is 9.67. The van der Waals surface area contributed by atoms with Crippen molar-refractivity contribution in [2.45, 2.75) is 51.5 Å². The Bertz CT molecular complexity index is 663. The monoisotopic (exact) mass is 328 g/mol. The van der Waals surface area contributed by atoms with Crippen molar-refractivity contribution >= 4 is 11.9 Å². The van der Waals surface area contributed by atoms with Crippen LogP contribution in [0.1, 0.15) is 51.0 Å². The number of nitrogens with zero attached hydrogens (tertiary/aromatic N) is 2. The molecule has 1 N–H and O–H groups in total. The van der Waals surface area contributed by atoms with Crippen molar-refractivity contribution in [1.82, 2.24) is 0 Å². The van der Waals surface area contributed by atoms with Crippen molar-refractivity contribution in [3.63, 3.8) is 0 Å². The normalized spacial score (nSPS) is 35.5. The first kappa shape index (κ1) is 15.6. The van der Waals surface area contributed by atoms with Crippen molar-refractivity contribution in [2.75, 3.05) is 0 Å². The van der Waals surface area contributed by atoms with Gasteiger partial charge >= 0.3 is 0 Å². The number of hydrogen-bond donors (Lipinski definition) is 1. The molecule has 0 radical (unpaired) electrons. The maximum atomic E-state index is 10.9. The van der Waals surface area contributed by atoms with Crippen molar-refractivity contribution in [3.8, 4) is 5.75 Å². The number of benzene rings is 1. The predicted molar refractivity (Wildman–Crippen MR) is 92.4 cm³/mol. The Hall–Kier alpha value is -1.91. The Morgan fingerprint density at radius 2 is 1.83 bits per heavy atom. The zero-order chi connectivity index (χ0) is 16.9. The second kappa shape index (κ2) is 5.57. The molecule has 5 rings (SSSR count). The zero-order valence-corrected chi connectivity index (χ0v) is 14.0. The summed E-state index contributed by atoms with van der Waals surface area (Å²) in [6, 6.07) is 4.28. The van der Waals surface area contributed by atoms with E-state index in [0.29, 0.717) is 11.0 Å². The van der Waals surface area contributed by atoms with Crippen molar-refractivity contribution in [3.05, 3.63) is 33.9 Å². The molecule has 0 spiro atoms. The van der Waals surface area contributed by atoms with Crippen LogP contribution in [0.25, 0.3) is 0 Å². The average molecular weight is 328 g/mol. The summed E-state index contributed by atoms with van der Waals surface area (Å²) in [4.78, 5) is 15.2. The van der Waals surface area contributed by atoms with Crippen LogP contribution < -0.4 is 0 Å². The van der Waals surface area contributed by atoms with Gasteiger partial charge in [0.1, 0.15) is 5.75 Å². The first-order chi connectivity index (χ1) is 11.4. The molecule has 0 aliphatic heterocycles. The Labute approximate surface area is 142 Å². The summed E-state index contributed by atoms with van der Waals surface area (Å²) in [5.41, 5.74) is 0.721. The van der Waals surface area contributed by atoms with Gasteiger partial charge < -0.3 is 5.11 Å². The summed E-state index contributed by atoms with van der Waals surface area (Å²) in [5.74, 6) is 2.67. The molecule has 24 heavy (non-hydrogen) atoms. The van der Waals surface area contributed by atoms with E-state index in [9.17, 15) is 15.2 Å². The van der Waals surface area contributed by atoms with Gasteiger partial charge in [0.15, 0.2) is 0 Å². The van der Waals surface area contributed by atoms with Gasteiger partial charge in [-0.15, -0.1) is 0 Å². The van der Waals surface area contributed by atoms with E-state index in [1.54, 1.807) is 6.21 Å². The smallest absolute Gasteiger partial charge is 0.270 e. The highest BCUT2D eigenvalue weighted by molar-refractivity contribution is 5.84. The van der Waals surface area contributed by atoms with Crippen LogP contribution in [0.3, 0.4) is 0 Å². The number of aliphatic imine (C=N–C) groups is 1. The fourth-order valence-corrected chi connectivity index (χ4v) is 5.80. The molecule has 0 amide bonds. The van der Waals surface area contributed by atoms with E-state index in [4.69, 9.17) is 4.99 Å². The van der Waals surface area contributed by atoms with Gasteiger partial charge in [-0.1, -0.05) is 0 Å². The standard InChI is InChI=1S/C19H24N2O3/c1-12(19-8-13-4-14(9-19)6-15(5-13)10-19)20-11-16-7-17(21(23)24)2-3-18(16)22/h2-3,7,11-15,22H,4-6,8-10H2,1H3/t12-,13?,14?,15?,19?/m0/s1. The van der Waals surface area contributed by atoms with E-state index in [-0.39, 0.29) is 17.5 Å². The Kier molecular flexibility index (Phi) is 3.62. The summed E-state index contributed by atoms with van der Waals surface area (Å²) < 4.78 is 0. The molecular formula is C19H24N2O3. The second-order valence-corrected chi connectivity index (χ2v) is 8.23. The van der Waals surface area contributed by atoms with Gasteiger partial charge in [-0.25, -0.2) is 0 Å². The predicted octanol–water partition coefficient (Wildman–Crippen LogP) is 4.32. The first-order valence-electron chi connectivity index (χ1n) is 8.96. The molecule has 0 aromatic heterocycles. The Morgan fingerprint density at radius 3 is 2.38 bits per heavy atom. The summed E-state index contributed by atoms with van der Waals surface area (Å²) in [7, 11) is 0. The molecule has 4 aliphatic carbocycles. The Morgan fingerprint density at radius 1 is 1.25 bits per heavy atom. The van der Waals surface area contributed by atoms with Crippen LogP contribution in [0.15, 0.2) is 23.2 Å². The van der Waals surface area contributed by atoms with Crippen LogP contribution in [-0.2, 0) is 0 Å². The van der Waals surface area contributed by atoms with Gasteiger partial charge in [0, 0.05) is 23.9 Å². The molecule has 4 aliphatic rings. The van der Waals surface area contributed by atoms with Crippen LogP contribution in [0.2, 0.25) is 0 Å². The number of aromatic hydroxyl groups is 1. The molecule has 1 aromatic rings. The van der Waals surface area contributed by atoms with Gasteiger partial charge in [-0.05, 0) is 74.7 Å². The average Bonchev–Trinajstić information content (AvgIpc) is 2.52. The van der Waals surface area contributed by atoms with Crippen LogP contribution in [0.5, 0.6) is 5.75 Å². The molecule has 5 nitrogen and oxygen atoms in total. The fraction of sp³-hybridized carbons (Fsp3) is 0.632. The minimum absolute atomic E-state index is 0.0169. The van der Waals surface area contributed by atoms with Crippen molar-refractivity contribution < 1.29 is 10.0 Å². The van der Waals surface area contributed by atoms with E-state index < -0.39 is 4.92 Å². The topological polar surface area (TPSA) is 75.7 Å². The minimum atomic E-state index is -0.445. The molecule has 4 bridgehead atoms. The van der Waals surface area contributed by atoms with Crippen molar-refractivity contribution in [1.29, 1.82) is 0 Å². The maximum Gasteiger partial charge on any atom is 0.270 e. The van der Waals surface area contributed by atoms with Gasteiger partial charge in [-0.2, -0.15) is 0 Å². The number of nitro groups is 1. The lowest BCUT2D eigenvalue weighted by Gasteiger charge is -2.58. The molecule has 128 valence electrons. The third kappa shape index (κ3) is 2.60. The van der Waals surface area contributed by atoms with E-state index in [0.717, 1.165) is 17.8 Å². The number of phenols is 1. The highest BCUT2D eigenvalue weighted by Gasteiger charge is 2.53. The van der Waals surface area contributed by atoms with Gasteiger partial charge in [-0.3, -0.25) is 15.1 Å². The molecular weight excluding hydrogens is 304 g/mol. The number of hydrogen-bond acceptors (Lipinski definition) is 4. The lowest BCUT2D eigenvalue weighted by molar-refractivity contribution is -0.384. The van der Waals surface area contributed by atoms with E-state index >= 15 is 0 Å². The third-order valence-electron chi connectivity index (χ3n) is 6.63. The number of nitro benzene ring substituents is 1. The Balaban J connectivity index is 1.56. The molecule has 0 unspecified atom stereocenters. The molecule has 4 fully saturated rings. The van der Waals surface area contributed by atoms with Crippen LogP contribution in [0.4, 0.5) is 5.69 Å². The van der Waals surface area contributed by atoms with E-state index in [1.165, 1.54) is 56.7 Å². The summed E-state index contributed by atoms with van der Waals surface area (Å²) >= 11 is 0. The molecule has 5 heteroatoms. The van der Waals surface area contributed by atoms with E-state index in [2.05, 4.69) is 6.92 Å². The minimum Gasteiger partial charge on any atom is -0.507 e. The largest absolute Gasteiger partial charge is 0.507 e. The number of phenolic OH excluding ortho intramolecular Hbond substituents is 1. The molecule has 1 atom stereocenters. The highest BCUT2D eigenvalue weighted by atomic mass is 16.6. The van der Waals surface area contributed by atoms with Crippen LogP contribution in [0, 0.1) is 33.3 Å². The highest BCUT2D eigenvalue weighted by Crippen LogP contribution is 2.61. The van der Waals surface area contributed by atoms with E-state index in [1.807, 2.05) is 0 Å². The van der Waals surface area contributed by atoms with Crippen molar-refractivity contribution in [2.24, 2.45) is 28.2 Å². The number of non-ortho nitro benzene ring substituents is 1. The first-order valence-corrected chi connectivity index (χ1v) is 8.96. The number of rotatable bonds is 4. The summed E-state index contributed by atoms with van der Waals surface area (Å²) in [5, 5.41) is 20.9. The van der Waals surface area contributed by atoms with Crippen LogP contribution in [-0.4, -0.2) is 22.3 Å². The second-order valence-electron chi connectivity index (χ2n) is 8.23. The fourth-order valence-electron chi connectivity index (χ4n) is 5.80. The lowest BCUT2D eigenvalue weighted by atomic mass is 9.48. The third-order valence-corrected chi connectivity index (χ3v) is 6.63. The molecule has 1 aromatic carbocycles. The molecule has 4 saturated carbocycles. The van der Waals surface area contributed by atoms with Gasteiger partial charge in [0.05, 0.1) is 11.0 Å². The van der Waals surface area contributed by atoms with Crippen LogP contribution >= 0.6 is 0 Å². The quantitative estimate of drug-likeness (QED) is 0.508. The SMILES string of the molecule is C[C@H](N=Cc1cc([N+](=O)[O-])ccc1O)C12CC3CC(CC(C3)C1)C2. The molecule has 0 heterocycles. The lowest BCUT2D eigenvalue weighted by Crippen LogP contribution is -2.50. The van der Waals surface area contributed by atoms with Gasteiger partial charge in [0.2, 0.25) is 0 Å². The summed E-state index contributed by atoms with van der Waals surface area (Å²) in [6.45, 7) is 2.18. The zero-order valence-electron chi connectivity index (χ0n) is 14.0. The molecule has 0 saturated heterocycles. The van der Waals surface area contributed by atoms with Gasteiger partial charge in [0.25, 0.3) is 5.69 Å².